The Kier molecular flexibility index (Phi) is 3.30. The van der Waals surface area contributed by atoms with Crippen LogP contribution in [0.1, 0.15) is 31.9 Å². The molecular formula is C21H17N5O2S. The molecule has 144 valence electrons. The third-order valence-corrected chi connectivity index (χ3v) is 7.22. The van der Waals surface area contributed by atoms with Crippen LogP contribution in [0.4, 0.5) is 5.82 Å². The van der Waals surface area contributed by atoms with Crippen molar-refractivity contribution < 1.29 is 9.59 Å². The molecule has 3 aromatic rings. The lowest BCUT2D eigenvalue weighted by atomic mass is 9.93. The number of hydrogen-bond acceptors (Lipinski definition) is 6. The van der Waals surface area contributed by atoms with Gasteiger partial charge >= 0.3 is 0 Å². The molecule has 1 aromatic carbocycles. The van der Waals surface area contributed by atoms with Gasteiger partial charge in [-0.15, -0.1) is 10.2 Å². The molecule has 2 aliphatic heterocycles. The largest absolute Gasteiger partial charge is 0.335 e. The van der Waals surface area contributed by atoms with E-state index in [1.54, 1.807) is 18.1 Å². The van der Waals surface area contributed by atoms with Crippen molar-refractivity contribution in [2.24, 2.45) is 11.8 Å². The Bertz CT molecular complexity index is 1150. The van der Waals surface area contributed by atoms with Crippen LogP contribution in [-0.2, 0) is 11.2 Å². The van der Waals surface area contributed by atoms with Gasteiger partial charge in [0.25, 0.3) is 11.8 Å². The van der Waals surface area contributed by atoms with Gasteiger partial charge in [-0.3, -0.25) is 14.5 Å². The number of hydrogen-bond donors (Lipinski definition) is 1. The number of carbonyl (C=O) groups excluding carboxylic acids is 2. The number of anilines is 1. The number of fused-ring (bicyclic) bond motifs is 1. The SMILES string of the molecule is CN1C(=O)[C@@]2(NC(=O)c3nnc(Cc4ccccc4)s3)C3[C@@H](c4cccnc41)[C@H]32. The Morgan fingerprint density at radius 1 is 1.17 bits per heavy atom. The van der Waals surface area contributed by atoms with E-state index in [-0.39, 0.29) is 23.7 Å². The van der Waals surface area contributed by atoms with Crippen LogP contribution < -0.4 is 10.2 Å². The fourth-order valence-electron chi connectivity index (χ4n) is 4.85. The highest BCUT2D eigenvalue weighted by molar-refractivity contribution is 7.13. The number of carbonyl (C=O) groups is 2. The summed E-state index contributed by atoms with van der Waals surface area (Å²) in [6, 6.07) is 13.9. The smallest absolute Gasteiger partial charge is 0.283 e. The van der Waals surface area contributed by atoms with Crippen molar-refractivity contribution in [3.8, 4) is 0 Å². The second kappa shape index (κ2) is 5.70. The molecule has 29 heavy (non-hydrogen) atoms. The molecule has 1 unspecified atom stereocenters. The standard InChI is InChI=1S/C21H17N5O2S/c1-26-17-12(8-5-9-22-17)14-15-16(14)21(15,20(26)28)23-18(27)19-25-24-13(29-19)10-11-6-3-2-4-7-11/h2-9,14-16H,10H2,1H3,(H,23,27)/t14-,15+,16?,21-/m0/s1. The van der Waals surface area contributed by atoms with E-state index in [2.05, 4.69) is 20.5 Å². The third kappa shape index (κ3) is 2.26. The molecule has 1 N–H and O–H groups in total. The Balaban J connectivity index is 1.22. The number of pyridine rings is 1. The van der Waals surface area contributed by atoms with Crippen LogP contribution in [0.3, 0.4) is 0 Å². The molecule has 4 heterocycles. The Morgan fingerprint density at radius 3 is 2.76 bits per heavy atom. The molecule has 7 rings (SSSR count). The van der Waals surface area contributed by atoms with Crippen LogP contribution >= 0.6 is 11.3 Å². The first-order valence-corrected chi connectivity index (χ1v) is 10.3. The average molecular weight is 403 g/mol. The topological polar surface area (TPSA) is 88.1 Å². The molecule has 7 nitrogen and oxygen atoms in total. The molecule has 4 atom stereocenters. The van der Waals surface area contributed by atoms with E-state index in [1.165, 1.54) is 11.3 Å². The third-order valence-electron chi connectivity index (χ3n) is 6.29. The second-order valence-electron chi connectivity index (χ2n) is 7.84. The molecule has 2 fully saturated rings. The number of nitrogens with one attached hydrogen (secondary N) is 1. The van der Waals surface area contributed by atoms with Crippen molar-refractivity contribution >= 4 is 29.0 Å². The maximum atomic E-state index is 13.1. The van der Waals surface area contributed by atoms with Crippen LogP contribution in [-0.4, -0.2) is 39.6 Å². The summed E-state index contributed by atoms with van der Waals surface area (Å²) < 4.78 is 0. The molecule has 0 saturated heterocycles. The molecule has 4 aliphatic rings. The van der Waals surface area contributed by atoms with Gasteiger partial charge in [-0.25, -0.2) is 4.98 Å². The molecule has 8 heteroatoms. The molecule has 2 saturated carbocycles. The lowest BCUT2D eigenvalue weighted by molar-refractivity contribution is -0.122. The summed E-state index contributed by atoms with van der Waals surface area (Å²) in [7, 11) is 1.73. The highest BCUT2D eigenvalue weighted by Crippen LogP contribution is 2.82. The summed E-state index contributed by atoms with van der Waals surface area (Å²) in [5.41, 5.74) is 1.40. The van der Waals surface area contributed by atoms with Crippen LogP contribution in [0.2, 0.25) is 0 Å². The normalized spacial score (nSPS) is 28.2. The van der Waals surface area contributed by atoms with Gasteiger partial charge in [0.05, 0.1) is 0 Å². The van der Waals surface area contributed by atoms with E-state index in [4.69, 9.17) is 0 Å². The lowest BCUT2D eigenvalue weighted by Crippen LogP contribution is -2.54. The molecular weight excluding hydrogens is 386 g/mol. The first-order valence-electron chi connectivity index (χ1n) is 9.53. The maximum Gasteiger partial charge on any atom is 0.283 e. The van der Waals surface area contributed by atoms with E-state index in [1.807, 2.05) is 42.5 Å². The maximum absolute atomic E-state index is 13.1. The fraction of sp³-hybridized carbons (Fsp3) is 0.286. The van der Waals surface area contributed by atoms with Crippen LogP contribution in [0.15, 0.2) is 48.7 Å². The monoisotopic (exact) mass is 403 g/mol. The average Bonchev–Trinajstić information content (AvgIpc) is 3.60. The van der Waals surface area contributed by atoms with E-state index in [0.717, 1.165) is 16.1 Å². The molecule has 2 amide bonds. The second-order valence-corrected chi connectivity index (χ2v) is 8.91. The molecule has 2 aromatic heterocycles. The van der Waals surface area contributed by atoms with Crippen molar-refractivity contribution in [3.63, 3.8) is 0 Å². The van der Waals surface area contributed by atoms with Gasteiger partial charge in [0, 0.05) is 31.5 Å². The number of aromatic nitrogens is 3. The van der Waals surface area contributed by atoms with Crippen LogP contribution in [0, 0.1) is 11.8 Å². The fourth-order valence-corrected chi connectivity index (χ4v) is 5.61. The predicted molar refractivity (Wildman–Crippen MR) is 107 cm³/mol. The van der Waals surface area contributed by atoms with E-state index in [0.29, 0.717) is 23.2 Å². The lowest BCUT2D eigenvalue weighted by Gasteiger charge is -2.25. The Labute approximate surface area is 170 Å². The molecule has 0 radical (unpaired) electrons. The van der Waals surface area contributed by atoms with Crippen molar-refractivity contribution in [2.45, 2.75) is 17.9 Å². The van der Waals surface area contributed by atoms with Gasteiger partial charge in [-0.05, 0) is 23.1 Å². The Hall–Kier alpha value is -3.13. The number of amides is 2. The van der Waals surface area contributed by atoms with E-state index in [9.17, 15) is 9.59 Å². The van der Waals surface area contributed by atoms with Gasteiger partial charge in [0.1, 0.15) is 16.4 Å². The van der Waals surface area contributed by atoms with Gasteiger partial charge < -0.3 is 5.32 Å². The zero-order chi connectivity index (χ0) is 19.8. The first kappa shape index (κ1) is 16.8. The molecule has 2 aliphatic carbocycles. The molecule has 2 bridgehead atoms. The summed E-state index contributed by atoms with van der Waals surface area (Å²) in [5, 5.41) is 12.3. The number of benzene rings is 1. The quantitative estimate of drug-likeness (QED) is 0.720. The van der Waals surface area contributed by atoms with Gasteiger partial charge in [0.2, 0.25) is 5.01 Å². The zero-order valence-corrected chi connectivity index (χ0v) is 16.4. The van der Waals surface area contributed by atoms with Crippen molar-refractivity contribution in [1.29, 1.82) is 0 Å². The predicted octanol–water partition coefficient (Wildman–Crippen LogP) is 2.01. The van der Waals surface area contributed by atoms with Gasteiger partial charge in [-0.1, -0.05) is 47.7 Å². The van der Waals surface area contributed by atoms with Gasteiger partial charge in [0.15, 0.2) is 0 Å². The van der Waals surface area contributed by atoms with Crippen molar-refractivity contribution in [2.75, 3.05) is 11.9 Å². The number of likely N-dealkylation sites (N-methyl/N-ethyl adjacent to an activating group) is 1. The first-order chi connectivity index (χ1) is 14.1. The minimum Gasteiger partial charge on any atom is -0.335 e. The van der Waals surface area contributed by atoms with E-state index >= 15 is 0 Å². The Morgan fingerprint density at radius 2 is 1.97 bits per heavy atom. The molecule has 0 spiro atoms. The highest BCUT2D eigenvalue weighted by atomic mass is 32.1. The highest BCUT2D eigenvalue weighted by Gasteiger charge is 2.90. The van der Waals surface area contributed by atoms with Gasteiger partial charge in [-0.2, -0.15) is 0 Å². The summed E-state index contributed by atoms with van der Waals surface area (Å²) in [5.74, 6) is 0.893. The number of nitrogens with zero attached hydrogens (tertiary/aromatic N) is 4. The summed E-state index contributed by atoms with van der Waals surface area (Å²) >= 11 is 1.27. The van der Waals surface area contributed by atoms with Crippen molar-refractivity contribution in [3.05, 3.63) is 69.8 Å². The number of rotatable bonds is 4. The minimum absolute atomic E-state index is 0.0939. The zero-order valence-electron chi connectivity index (χ0n) is 15.6. The van der Waals surface area contributed by atoms with Crippen LogP contribution in [0.5, 0.6) is 0 Å². The van der Waals surface area contributed by atoms with E-state index < -0.39 is 5.54 Å². The van der Waals surface area contributed by atoms with Crippen molar-refractivity contribution in [1.82, 2.24) is 20.5 Å². The summed E-state index contributed by atoms with van der Waals surface area (Å²) in [4.78, 5) is 32.0. The minimum atomic E-state index is -0.817. The summed E-state index contributed by atoms with van der Waals surface area (Å²) in [6.07, 6.45) is 2.33. The summed E-state index contributed by atoms with van der Waals surface area (Å²) in [6.45, 7) is 0. The van der Waals surface area contributed by atoms with Crippen LogP contribution in [0.25, 0.3) is 0 Å².